The molecule has 26 heteroatoms. The van der Waals surface area contributed by atoms with E-state index in [2.05, 4.69) is 10.5 Å². The zero-order chi connectivity index (χ0) is 40.1. The van der Waals surface area contributed by atoms with Crippen LogP contribution in [0.25, 0.3) is 0 Å². The summed E-state index contributed by atoms with van der Waals surface area (Å²) in [5.74, 6) is 0.0510. The van der Waals surface area contributed by atoms with Gasteiger partial charge < -0.3 is 15.2 Å². The molecule has 0 saturated carbocycles. The summed E-state index contributed by atoms with van der Waals surface area (Å²) in [5.41, 5.74) is 4.07. The smallest absolute Gasteiger partial charge is 0.271 e. The Morgan fingerprint density at radius 1 is 0.642 bits per heavy atom. The Morgan fingerprint density at radius 2 is 0.943 bits per heavy atom. The number of nitro groups is 2. The fourth-order valence-corrected chi connectivity index (χ4v) is 6.65. The van der Waals surface area contributed by atoms with Gasteiger partial charge in [-0.05, 0) is 50.5 Å². The van der Waals surface area contributed by atoms with Gasteiger partial charge in [0.05, 0.1) is 55.1 Å². The van der Waals surface area contributed by atoms with Crippen molar-refractivity contribution < 1.29 is 36.2 Å². The summed E-state index contributed by atoms with van der Waals surface area (Å²) < 4.78 is 59.1. The largest absolute Gasteiger partial charge is 0.453 e. The van der Waals surface area contributed by atoms with E-state index in [1.165, 1.54) is 38.4 Å². The van der Waals surface area contributed by atoms with Crippen LogP contribution in [0.3, 0.4) is 0 Å². The van der Waals surface area contributed by atoms with E-state index < -0.39 is 28.9 Å². The van der Waals surface area contributed by atoms with Gasteiger partial charge in [0.2, 0.25) is 10.0 Å². The van der Waals surface area contributed by atoms with Crippen molar-refractivity contribution >= 4 is 146 Å². The second kappa shape index (κ2) is 23.2. The highest BCUT2D eigenvalue weighted by Gasteiger charge is 2.21. The summed E-state index contributed by atoms with van der Waals surface area (Å²) >= 11 is 45.3. The minimum absolute atomic E-state index is 0. The number of nitrogens with zero attached hydrogens (tertiary/aromatic N) is 2. The molecule has 0 fully saturated rings. The minimum Gasteiger partial charge on any atom is -0.453 e. The van der Waals surface area contributed by atoms with Crippen molar-refractivity contribution in [3.05, 3.63) is 111 Å². The molecule has 0 heterocycles. The van der Waals surface area contributed by atoms with Crippen LogP contribution in [0, 0.1) is 20.2 Å². The van der Waals surface area contributed by atoms with Gasteiger partial charge in [0.15, 0.2) is 11.5 Å². The molecule has 4 aromatic rings. The lowest BCUT2D eigenvalue weighted by Gasteiger charge is -2.12. The average Bonchev–Trinajstić information content (AvgIpc) is 3.06. The monoisotopic (exact) mass is 976 g/mol. The number of benzene rings is 4. The van der Waals surface area contributed by atoms with Gasteiger partial charge in [-0.2, -0.15) is 0 Å². The Morgan fingerprint density at radius 3 is 1.19 bits per heavy atom. The maximum Gasteiger partial charge on any atom is 0.271 e. The third-order valence-electron chi connectivity index (χ3n) is 5.48. The normalized spacial score (nSPS) is 10.5. The molecule has 0 spiro atoms. The number of rotatable bonds is 9. The SMILES string of the molecule is CN.CNS(=O)(=O)c1cc(Cl)c(Oc2ccc([N+](=O)[O-])cc2Cl)c(Cl)c1.Cl.ClCCl.O=[N+]([O-])c1ccc(Oc2c(Cl)cc(S(=O)(=O)Cl)cc2Cl)c(Cl)c1. The molecule has 53 heavy (non-hydrogen) atoms. The summed E-state index contributed by atoms with van der Waals surface area (Å²) in [5, 5.41) is 21.1. The highest BCUT2D eigenvalue weighted by Crippen LogP contribution is 2.42. The number of nitro benzene ring substituents is 2. The molecule has 0 atom stereocenters. The van der Waals surface area contributed by atoms with E-state index in [0.29, 0.717) is 0 Å². The molecule has 0 aliphatic carbocycles. The van der Waals surface area contributed by atoms with Crippen molar-refractivity contribution in [2.75, 3.05) is 19.4 Å². The highest BCUT2D eigenvalue weighted by molar-refractivity contribution is 8.13. The lowest BCUT2D eigenvalue weighted by molar-refractivity contribution is -0.385. The number of halogens is 10. The van der Waals surface area contributed by atoms with Gasteiger partial charge in [0.25, 0.3) is 20.4 Å². The number of alkyl halides is 2. The van der Waals surface area contributed by atoms with Crippen molar-refractivity contribution in [3.8, 4) is 23.0 Å². The first-order valence-corrected chi connectivity index (χ1v) is 20.1. The lowest BCUT2D eigenvalue weighted by atomic mass is 10.3. The molecule has 0 aromatic heterocycles. The molecular weight excluding hydrogens is 959 g/mol. The van der Waals surface area contributed by atoms with Crippen LogP contribution in [0.2, 0.25) is 30.1 Å². The molecule has 14 nitrogen and oxygen atoms in total. The van der Waals surface area contributed by atoms with Crippen LogP contribution in [0.5, 0.6) is 23.0 Å². The van der Waals surface area contributed by atoms with Crippen LogP contribution in [0.1, 0.15) is 0 Å². The maximum absolute atomic E-state index is 11.8. The quantitative estimate of drug-likeness (QED) is 0.0697. The van der Waals surface area contributed by atoms with Gasteiger partial charge in [-0.1, -0.05) is 69.6 Å². The number of ether oxygens (including phenoxy) is 2. The number of hydrogen-bond donors (Lipinski definition) is 2. The standard InChI is InChI=1S/C13H9Cl3N2O5S.C12H5Cl4NO5S.CH2Cl2.CH5N.ClH/c1-17-24(21,22)8-5-10(15)13(11(16)6-8)23-12-3-2-7(18(19)20)4-9(12)14;13-8-3-6(17(18)19)1-2-11(8)22-12-9(14)4-7(5-10(12)15)23(16,20)21;2-1-3;1-2;/h2-6,17H,1H3;1-5H;1H2;2H2,1H3;1H. The van der Waals surface area contributed by atoms with E-state index in [-0.39, 0.29) is 92.0 Å². The maximum atomic E-state index is 11.8. The van der Waals surface area contributed by atoms with Gasteiger partial charge in [0.1, 0.15) is 11.5 Å². The summed E-state index contributed by atoms with van der Waals surface area (Å²) in [6, 6.07) is 11.6. The van der Waals surface area contributed by atoms with Crippen LogP contribution >= 0.6 is 116 Å². The van der Waals surface area contributed by atoms with Crippen molar-refractivity contribution in [3.63, 3.8) is 0 Å². The van der Waals surface area contributed by atoms with E-state index in [0.717, 1.165) is 36.4 Å². The summed E-state index contributed by atoms with van der Waals surface area (Å²) in [6.45, 7) is 0. The van der Waals surface area contributed by atoms with E-state index in [4.69, 9.17) is 113 Å². The van der Waals surface area contributed by atoms with Crippen LogP contribution in [-0.4, -0.2) is 46.1 Å². The molecule has 0 saturated heterocycles. The molecule has 3 N–H and O–H groups in total. The fraction of sp³-hybridized carbons (Fsp3) is 0.111. The van der Waals surface area contributed by atoms with E-state index in [1.54, 1.807) is 0 Å². The van der Waals surface area contributed by atoms with Crippen molar-refractivity contribution in [1.29, 1.82) is 0 Å². The van der Waals surface area contributed by atoms with E-state index in [9.17, 15) is 37.1 Å². The molecule has 0 bridgehead atoms. The summed E-state index contributed by atoms with van der Waals surface area (Å²) in [4.78, 5) is 19.7. The second-order valence-electron chi connectivity index (χ2n) is 8.63. The number of nitrogens with two attached hydrogens (primary N) is 1. The Hall–Kier alpha value is -2.00. The molecule has 4 aromatic carbocycles. The predicted molar refractivity (Wildman–Crippen MR) is 213 cm³/mol. The zero-order valence-corrected chi connectivity index (χ0v) is 35.4. The minimum atomic E-state index is -4.01. The fourth-order valence-electron chi connectivity index (χ4n) is 3.27. The number of hydrogen-bond acceptors (Lipinski definition) is 11. The van der Waals surface area contributed by atoms with Crippen molar-refractivity contribution in [2.24, 2.45) is 5.73 Å². The van der Waals surface area contributed by atoms with Crippen LogP contribution in [0.15, 0.2) is 70.5 Å². The molecule has 0 radical (unpaired) electrons. The molecule has 0 aliphatic rings. The molecular formula is C27H22Cl10N4O10S2. The Labute approximate surface area is 353 Å². The van der Waals surface area contributed by atoms with Crippen LogP contribution in [-0.2, 0) is 19.1 Å². The van der Waals surface area contributed by atoms with Gasteiger partial charge >= 0.3 is 0 Å². The number of nitrogens with one attached hydrogen (secondary N) is 1. The molecule has 4 rings (SSSR count). The Balaban J connectivity index is 0.000000895. The molecule has 0 unspecified atom stereocenters. The first-order chi connectivity index (χ1) is 24.2. The van der Waals surface area contributed by atoms with Gasteiger partial charge in [-0.3, -0.25) is 20.2 Å². The van der Waals surface area contributed by atoms with Gasteiger partial charge in [-0.15, -0.1) is 35.6 Å². The van der Waals surface area contributed by atoms with E-state index >= 15 is 0 Å². The van der Waals surface area contributed by atoms with Gasteiger partial charge in [-0.25, -0.2) is 21.6 Å². The number of non-ortho nitro benzene ring substituents is 2. The lowest BCUT2D eigenvalue weighted by Crippen LogP contribution is -2.18. The zero-order valence-electron chi connectivity index (χ0n) is 26.2. The highest BCUT2D eigenvalue weighted by atomic mass is 35.7. The first-order valence-electron chi connectivity index (χ1n) is 13.0. The third-order valence-corrected chi connectivity index (χ3v) is 9.92. The molecule has 0 amide bonds. The van der Waals surface area contributed by atoms with E-state index in [1.807, 2.05) is 0 Å². The van der Waals surface area contributed by atoms with Gasteiger partial charge in [0, 0.05) is 34.9 Å². The van der Waals surface area contributed by atoms with Crippen molar-refractivity contribution in [2.45, 2.75) is 9.79 Å². The molecule has 292 valence electrons. The molecule has 0 aliphatic heterocycles. The third kappa shape index (κ3) is 15.2. The average molecular weight is 981 g/mol. The number of sulfonamides is 1. The predicted octanol–water partition coefficient (Wildman–Crippen LogP) is 10.9. The summed E-state index contributed by atoms with van der Waals surface area (Å²) in [6.07, 6.45) is 0. The Kier molecular flexibility index (Phi) is 22.3. The van der Waals surface area contributed by atoms with Crippen LogP contribution in [0.4, 0.5) is 11.4 Å². The summed E-state index contributed by atoms with van der Waals surface area (Å²) in [7, 11) is 0.219. The van der Waals surface area contributed by atoms with Crippen molar-refractivity contribution in [1.82, 2.24) is 4.72 Å². The first kappa shape index (κ1) is 51.0. The Bertz CT molecular complexity index is 2100. The second-order valence-corrected chi connectivity index (χ2v) is 16.3. The van der Waals surface area contributed by atoms with Crippen LogP contribution < -0.4 is 19.9 Å². The topological polar surface area (TPSA) is 211 Å².